The van der Waals surface area contributed by atoms with Gasteiger partial charge in [0.2, 0.25) is 0 Å². The molecule has 1 fully saturated rings. The average molecular weight is 386 g/mol. The Bertz CT molecular complexity index is 811. The summed E-state index contributed by atoms with van der Waals surface area (Å²) in [5, 5.41) is 0. The number of benzene rings is 1. The van der Waals surface area contributed by atoms with Gasteiger partial charge >= 0.3 is 5.97 Å². The van der Waals surface area contributed by atoms with Crippen molar-refractivity contribution < 1.29 is 23.9 Å². The third-order valence-electron chi connectivity index (χ3n) is 5.19. The SMILES string of the molecule is CC(C)CCN1C(=O)c2ccc(C(=O)O[C@H](C)C(=O)N3CCCC3)cc2C1=O. The maximum absolute atomic E-state index is 12.6. The lowest BCUT2D eigenvalue weighted by Gasteiger charge is -2.20. The van der Waals surface area contributed by atoms with Crippen LogP contribution in [0.25, 0.3) is 0 Å². The molecule has 0 unspecified atom stereocenters. The Morgan fingerprint density at radius 1 is 1.04 bits per heavy atom. The molecule has 3 rings (SSSR count). The molecule has 2 aliphatic rings. The van der Waals surface area contributed by atoms with Gasteiger partial charge in [-0.25, -0.2) is 4.79 Å². The summed E-state index contributed by atoms with van der Waals surface area (Å²) in [7, 11) is 0. The van der Waals surface area contributed by atoms with E-state index in [1.165, 1.54) is 23.1 Å². The van der Waals surface area contributed by atoms with E-state index in [1.807, 2.05) is 13.8 Å². The predicted octanol–water partition coefficient (Wildman–Crippen LogP) is 2.50. The molecule has 1 saturated heterocycles. The first-order chi connectivity index (χ1) is 13.3. The second-order valence-electron chi connectivity index (χ2n) is 7.78. The molecule has 1 aromatic rings. The van der Waals surface area contributed by atoms with Crippen LogP contribution in [-0.2, 0) is 9.53 Å². The number of carbonyl (C=O) groups is 4. The van der Waals surface area contributed by atoms with Gasteiger partial charge in [0.1, 0.15) is 0 Å². The van der Waals surface area contributed by atoms with Gasteiger partial charge in [-0.05, 0) is 50.3 Å². The molecule has 0 bridgehead atoms. The van der Waals surface area contributed by atoms with Crippen molar-refractivity contribution in [2.45, 2.75) is 46.1 Å². The molecule has 3 amide bonds. The number of esters is 1. The fourth-order valence-electron chi connectivity index (χ4n) is 3.48. The van der Waals surface area contributed by atoms with Crippen LogP contribution in [0.1, 0.15) is 71.1 Å². The van der Waals surface area contributed by atoms with E-state index in [0.717, 1.165) is 19.3 Å². The molecule has 0 aromatic heterocycles. The molecule has 2 heterocycles. The summed E-state index contributed by atoms with van der Waals surface area (Å²) in [6.07, 6.45) is 1.75. The minimum absolute atomic E-state index is 0.159. The zero-order chi connectivity index (χ0) is 20.4. The van der Waals surface area contributed by atoms with Gasteiger partial charge in [-0.15, -0.1) is 0 Å². The van der Waals surface area contributed by atoms with Gasteiger partial charge in [0.05, 0.1) is 16.7 Å². The Balaban J connectivity index is 1.70. The highest BCUT2D eigenvalue weighted by molar-refractivity contribution is 6.22. The quantitative estimate of drug-likeness (QED) is 0.554. The maximum Gasteiger partial charge on any atom is 0.338 e. The number of imide groups is 1. The van der Waals surface area contributed by atoms with Crippen LogP contribution in [0.3, 0.4) is 0 Å². The number of hydrogen-bond donors (Lipinski definition) is 0. The molecular formula is C21H26N2O5. The van der Waals surface area contributed by atoms with E-state index in [1.54, 1.807) is 11.8 Å². The molecule has 0 N–H and O–H groups in total. The molecule has 7 heteroatoms. The highest BCUT2D eigenvalue weighted by atomic mass is 16.5. The fourth-order valence-corrected chi connectivity index (χ4v) is 3.48. The Labute approximate surface area is 164 Å². The van der Waals surface area contributed by atoms with Crippen molar-refractivity contribution in [1.82, 2.24) is 9.80 Å². The smallest absolute Gasteiger partial charge is 0.338 e. The van der Waals surface area contributed by atoms with Crippen molar-refractivity contribution in [3.8, 4) is 0 Å². The molecule has 28 heavy (non-hydrogen) atoms. The largest absolute Gasteiger partial charge is 0.449 e. The topological polar surface area (TPSA) is 84.0 Å². The normalized spacial score (nSPS) is 17.3. The van der Waals surface area contributed by atoms with Crippen molar-refractivity contribution >= 4 is 23.7 Å². The van der Waals surface area contributed by atoms with Crippen LogP contribution in [0.4, 0.5) is 0 Å². The highest BCUT2D eigenvalue weighted by Gasteiger charge is 2.36. The van der Waals surface area contributed by atoms with E-state index >= 15 is 0 Å². The minimum Gasteiger partial charge on any atom is -0.449 e. The van der Waals surface area contributed by atoms with E-state index < -0.39 is 18.0 Å². The van der Waals surface area contributed by atoms with Crippen LogP contribution < -0.4 is 0 Å². The molecule has 0 radical (unpaired) electrons. The first kappa shape index (κ1) is 20.0. The van der Waals surface area contributed by atoms with Crippen LogP contribution in [0, 0.1) is 5.92 Å². The second kappa shape index (κ2) is 8.12. The summed E-state index contributed by atoms with van der Waals surface area (Å²) in [5.41, 5.74) is 0.667. The number of amides is 3. The summed E-state index contributed by atoms with van der Waals surface area (Å²) in [4.78, 5) is 52.7. The number of hydrogen-bond acceptors (Lipinski definition) is 5. The monoisotopic (exact) mass is 386 g/mol. The van der Waals surface area contributed by atoms with Crippen LogP contribution in [0.2, 0.25) is 0 Å². The van der Waals surface area contributed by atoms with E-state index in [0.29, 0.717) is 31.1 Å². The number of carbonyl (C=O) groups excluding carboxylic acids is 4. The van der Waals surface area contributed by atoms with Gasteiger partial charge in [-0.1, -0.05) is 13.8 Å². The molecule has 150 valence electrons. The lowest BCUT2D eigenvalue weighted by molar-refractivity contribution is -0.138. The average Bonchev–Trinajstić information content (AvgIpc) is 3.27. The zero-order valence-corrected chi connectivity index (χ0v) is 16.6. The van der Waals surface area contributed by atoms with Gasteiger partial charge in [0, 0.05) is 19.6 Å². The molecular weight excluding hydrogens is 360 g/mol. The highest BCUT2D eigenvalue weighted by Crippen LogP contribution is 2.25. The van der Waals surface area contributed by atoms with Crippen molar-refractivity contribution in [1.29, 1.82) is 0 Å². The number of likely N-dealkylation sites (tertiary alicyclic amines) is 1. The van der Waals surface area contributed by atoms with Gasteiger partial charge in [0.25, 0.3) is 17.7 Å². The lowest BCUT2D eigenvalue weighted by Crippen LogP contribution is -2.38. The predicted molar refractivity (Wildman–Crippen MR) is 102 cm³/mol. The second-order valence-corrected chi connectivity index (χ2v) is 7.78. The van der Waals surface area contributed by atoms with Crippen LogP contribution in [0.5, 0.6) is 0 Å². The summed E-state index contributed by atoms with van der Waals surface area (Å²) in [6, 6.07) is 4.33. The number of nitrogens with zero attached hydrogens (tertiary/aromatic N) is 2. The standard InChI is InChI=1S/C21H26N2O5/c1-13(2)8-11-23-19(25)16-7-6-15(12-17(16)20(23)26)21(27)28-14(3)18(24)22-9-4-5-10-22/h6-7,12-14H,4-5,8-11H2,1-3H3/t14-/m1/s1. The van der Waals surface area contributed by atoms with E-state index in [2.05, 4.69) is 0 Å². The number of rotatable bonds is 6. The molecule has 1 atom stereocenters. The fraction of sp³-hybridized carbons (Fsp3) is 0.524. The Morgan fingerprint density at radius 3 is 2.32 bits per heavy atom. The summed E-state index contributed by atoms with van der Waals surface area (Å²) in [6.45, 7) is 7.32. The molecule has 7 nitrogen and oxygen atoms in total. The number of ether oxygens (including phenoxy) is 1. The lowest BCUT2D eigenvalue weighted by atomic mass is 10.1. The molecule has 0 aliphatic carbocycles. The van der Waals surface area contributed by atoms with Crippen molar-refractivity contribution in [2.75, 3.05) is 19.6 Å². The zero-order valence-electron chi connectivity index (χ0n) is 16.6. The van der Waals surface area contributed by atoms with Crippen LogP contribution in [-0.4, -0.2) is 59.2 Å². The van der Waals surface area contributed by atoms with Crippen LogP contribution in [0.15, 0.2) is 18.2 Å². The van der Waals surface area contributed by atoms with Crippen molar-refractivity contribution in [2.24, 2.45) is 5.92 Å². The maximum atomic E-state index is 12.6. The molecule has 0 saturated carbocycles. The Hall–Kier alpha value is -2.70. The first-order valence-corrected chi connectivity index (χ1v) is 9.79. The van der Waals surface area contributed by atoms with E-state index in [-0.39, 0.29) is 22.9 Å². The third kappa shape index (κ3) is 3.93. The Morgan fingerprint density at radius 2 is 1.68 bits per heavy atom. The summed E-state index contributed by atoms with van der Waals surface area (Å²) in [5.74, 6) is -1.25. The van der Waals surface area contributed by atoms with E-state index in [9.17, 15) is 19.2 Å². The van der Waals surface area contributed by atoms with Gasteiger partial charge < -0.3 is 9.64 Å². The third-order valence-corrected chi connectivity index (χ3v) is 5.19. The molecule has 2 aliphatic heterocycles. The van der Waals surface area contributed by atoms with Gasteiger partial charge in [-0.3, -0.25) is 19.3 Å². The molecule has 1 aromatic carbocycles. The Kier molecular flexibility index (Phi) is 5.82. The summed E-state index contributed by atoms with van der Waals surface area (Å²) < 4.78 is 5.30. The first-order valence-electron chi connectivity index (χ1n) is 9.79. The van der Waals surface area contributed by atoms with Gasteiger partial charge in [-0.2, -0.15) is 0 Å². The van der Waals surface area contributed by atoms with Crippen molar-refractivity contribution in [3.63, 3.8) is 0 Å². The minimum atomic E-state index is -0.890. The van der Waals surface area contributed by atoms with Gasteiger partial charge in [0.15, 0.2) is 6.10 Å². The number of fused-ring (bicyclic) bond motifs is 1. The van der Waals surface area contributed by atoms with Crippen LogP contribution >= 0.6 is 0 Å². The van der Waals surface area contributed by atoms with E-state index in [4.69, 9.17) is 4.74 Å². The summed E-state index contributed by atoms with van der Waals surface area (Å²) >= 11 is 0. The molecule has 0 spiro atoms. The van der Waals surface area contributed by atoms with Crippen molar-refractivity contribution in [3.05, 3.63) is 34.9 Å².